The largest absolute Gasteiger partial charge is 0.415 e. The molecule has 34 heavy (non-hydrogen) atoms. The third-order valence-corrected chi connectivity index (χ3v) is 8.40. The molecule has 176 valence electrons. The fourth-order valence-corrected chi connectivity index (χ4v) is 4.86. The third-order valence-electron chi connectivity index (χ3n) is 6.12. The highest BCUT2D eigenvalue weighted by atomic mass is 32.3. The first kappa shape index (κ1) is 22.7. The van der Waals surface area contributed by atoms with Gasteiger partial charge in [0.1, 0.15) is 5.69 Å². The molecule has 0 aliphatic carbocycles. The summed E-state index contributed by atoms with van der Waals surface area (Å²) in [5.74, 6) is 1.27. The zero-order chi connectivity index (χ0) is 23.9. The van der Waals surface area contributed by atoms with E-state index in [1.165, 1.54) is 5.56 Å². The number of aromatic nitrogens is 4. The summed E-state index contributed by atoms with van der Waals surface area (Å²) < 4.78 is 26.8. The maximum atomic E-state index is 10.4. The number of hydrogen-bond acceptors (Lipinski definition) is 8. The van der Waals surface area contributed by atoms with Crippen molar-refractivity contribution in [1.29, 1.82) is 0 Å². The highest BCUT2D eigenvalue weighted by Crippen LogP contribution is 2.52. The molecule has 1 aliphatic rings. The fraction of sp³-hybridized carbons (Fsp3) is 0.280. The Morgan fingerprint density at radius 2 is 1.74 bits per heavy atom. The molecule has 8 nitrogen and oxygen atoms in total. The van der Waals surface area contributed by atoms with Gasteiger partial charge in [-0.1, -0.05) is 24.3 Å². The van der Waals surface area contributed by atoms with Gasteiger partial charge in [-0.2, -0.15) is 10.6 Å². The molecule has 0 amide bonds. The zero-order valence-electron chi connectivity index (χ0n) is 19.3. The summed E-state index contributed by atoms with van der Waals surface area (Å²) in [7, 11) is -2.84. The Labute approximate surface area is 199 Å². The van der Waals surface area contributed by atoms with Crippen LogP contribution in [0, 0.1) is 6.92 Å². The summed E-state index contributed by atoms with van der Waals surface area (Å²) in [5.41, 5.74) is 4.77. The van der Waals surface area contributed by atoms with Gasteiger partial charge in [-0.15, -0.1) is 10.2 Å². The van der Waals surface area contributed by atoms with E-state index in [9.17, 15) is 9.11 Å². The molecule has 2 aromatic carbocycles. The molecule has 0 saturated carbocycles. The third kappa shape index (κ3) is 4.23. The van der Waals surface area contributed by atoms with Crippen LogP contribution in [0.15, 0.2) is 64.0 Å². The van der Waals surface area contributed by atoms with Crippen molar-refractivity contribution in [1.82, 2.24) is 25.5 Å². The maximum Gasteiger partial charge on any atom is 0.268 e. The standard InChI is InChI=1S/C25H27N5O3S/c1-15(2)34(31,32)21-9-7-17(8-10-21)22-14-27-16(3)23(28-22)25-30-29-24(33-25)19-6-4-5-18(11-19)20-12-26-13-20/h4-11,14-15,20,26,31-32H,12-13H2,1-3H3. The van der Waals surface area contributed by atoms with E-state index in [4.69, 9.17) is 9.40 Å². The number of nitrogens with one attached hydrogen (secondary N) is 1. The first-order valence-corrected chi connectivity index (χ1v) is 12.8. The molecular weight excluding hydrogens is 450 g/mol. The normalized spacial score (nSPS) is 14.9. The van der Waals surface area contributed by atoms with Crippen molar-refractivity contribution in [2.45, 2.75) is 36.8 Å². The van der Waals surface area contributed by atoms with Gasteiger partial charge < -0.3 is 9.73 Å². The molecule has 0 bridgehead atoms. The molecule has 9 heteroatoms. The molecule has 0 spiro atoms. The Hall–Kier alpha value is -3.11. The smallest absolute Gasteiger partial charge is 0.268 e. The second kappa shape index (κ2) is 8.92. The zero-order valence-corrected chi connectivity index (χ0v) is 20.1. The lowest BCUT2D eigenvalue weighted by Gasteiger charge is -2.36. The Kier molecular flexibility index (Phi) is 5.95. The number of hydrogen-bond donors (Lipinski definition) is 3. The summed E-state index contributed by atoms with van der Waals surface area (Å²) in [4.78, 5) is 9.72. The highest BCUT2D eigenvalue weighted by molar-refractivity contribution is 8.24. The Morgan fingerprint density at radius 3 is 2.41 bits per heavy atom. The van der Waals surface area contributed by atoms with Crippen molar-refractivity contribution in [3.63, 3.8) is 0 Å². The minimum Gasteiger partial charge on any atom is -0.415 e. The summed E-state index contributed by atoms with van der Waals surface area (Å²) in [6.45, 7) is 7.40. The van der Waals surface area contributed by atoms with Gasteiger partial charge in [0, 0.05) is 35.4 Å². The predicted octanol–water partition coefficient (Wildman–Crippen LogP) is 5.37. The summed E-state index contributed by atoms with van der Waals surface area (Å²) in [6.07, 6.45) is 1.68. The number of nitrogens with zero attached hydrogens (tertiary/aromatic N) is 4. The van der Waals surface area contributed by atoms with Gasteiger partial charge in [-0.3, -0.25) is 14.1 Å². The molecule has 1 saturated heterocycles. The van der Waals surface area contributed by atoms with Crippen LogP contribution in [0.3, 0.4) is 0 Å². The Bertz CT molecular complexity index is 1320. The van der Waals surface area contributed by atoms with Crippen LogP contribution in [0.2, 0.25) is 0 Å². The lowest BCUT2D eigenvalue weighted by atomic mass is 9.92. The van der Waals surface area contributed by atoms with Gasteiger partial charge in [-0.25, -0.2) is 4.98 Å². The van der Waals surface area contributed by atoms with Crippen molar-refractivity contribution < 1.29 is 13.5 Å². The Morgan fingerprint density at radius 1 is 1.00 bits per heavy atom. The van der Waals surface area contributed by atoms with Crippen molar-refractivity contribution >= 4 is 10.6 Å². The maximum absolute atomic E-state index is 10.4. The molecule has 3 N–H and O–H groups in total. The molecular formula is C25H27N5O3S. The SMILES string of the molecule is Cc1ncc(-c2ccc(S(O)(O)C(C)C)cc2)nc1-c1nnc(-c2cccc(C3CNC3)c2)o1. The van der Waals surface area contributed by atoms with Crippen molar-refractivity contribution in [2.24, 2.45) is 0 Å². The topological polar surface area (TPSA) is 117 Å². The monoisotopic (exact) mass is 477 g/mol. The quantitative estimate of drug-likeness (QED) is 0.339. The summed E-state index contributed by atoms with van der Waals surface area (Å²) >= 11 is 0. The summed E-state index contributed by atoms with van der Waals surface area (Å²) in [6, 6.07) is 15.3. The van der Waals surface area contributed by atoms with E-state index in [1.807, 2.05) is 31.2 Å². The molecule has 0 radical (unpaired) electrons. The van der Waals surface area contributed by atoms with Crippen LogP contribution in [0.1, 0.15) is 31.0 Å². The van der Waals surface area contributed by atoms with Crippen LogP contribution in [-0.4, -0.2) is 47.6 Å². The van der Waals surface area contributed by atoms with E-state index in [-0.39, 0.29) is 5.25 Å². The lowest BCUT2D eigenvalue weighted by Crippen LogP contribution is -2.39. The Balaban J connectivity index is 1.44. The van der Waals surface area contributed by atoms with Crippen molar-refractivity contribution in [2.75, 3.05) is 13.1 Å². The van der Waals surface area contributed by atoms with E-state index < -0.39 is 10.6 Å². The molecule has 1 fully saturated rings. The average molecular weight is 478 g/mol. The van der Waals surface area contributed by atoms with Crippen LogP contribution in [-0.2, 0) is 0 Å². The van der Waals surface area contributed by atoms with E-state index >= 15 is 0 Å². The van der Waals surface area contributed by atoms with Gasteiger partial charge >= 0.3 is 0 Å². The molecule has 1 aliphatic heterocycles. The predicted molar refractivity (Wildman–Crippen MR) is 133 cm³/mol. The van der Waals surface area contributed by atoms with Gasteiger partial charge in [0.25, 0.3) is 5.89 Å². The van der Waals surface area contributed by atoms with E-state index in [1.54, 1.807) is 32.2 Å². The average Bonchev–Trinajstić information content (AvgIpc) is 3.29. The molecule has 0 atom stereocenters. The molecule has 3 heterocycles. The molecule has 4 aromatic rings. The van der Waals surface area contributed by atoms with Crippen LogP contribution in [0.4, 0.5) is 0 Å². The second-order valence-corrected chi connectivity index (χ2v) is 11.3. The molecule has 2 aromatic heterocycles. The van der Waals surface area contributed by atoms with Gasteiger partial charge in [0.15, 0.2) is 0 Å². The molecule has 0 unspecified atom stereocenters. The lowest BCUT2D eigenvalue weighted by molar-refractivity contribution is 0.448. The van der Waals surface area contributed by atoms with Crippen LogP contribution >= 0.6 is 10.6 Å². The minimum absolute atomic E-state index is 0.262. The van der Waals surface area contributed by atoms with Gasteiger partial charge in [0.2, 0.25) is 5.89 Å². The fourth-order valence-electron chi connectivity index (χ4n) is 3.77. The molecule has 5 rings (SSSR count). The number of benzene rings is 2. The van der Waals surface area contributed by atoms with Crippen LogP contribution < -0.4 is 5.32 Å². The van der Waals surface area contributed by atoms with Crippen molar-refractivity contribution in [3.8, 4) is 34.3 Å². The first-order valence-electron chi connectivity index (χ1n) is 11.2. The van der Waals surface area contributed by atoms with Gasteiger partial charge in [0.05, 0.1) is 22.5 Å². The first-order chi connectivity index (χ1) is 16.3. The minimum atomic E-state index is -2.84. The van der Waals surface area contributed by atoms with Crippen LogP contribution in [0.25, 0.3) is 34.3 Å². The van der Waals surface area contributed by atoms with E-state index in [0.717, 1.165) is 24.2 Å². The number of rotatable bonds is 6. The van der Waals surface area contributed by atoms with E-state index in [0.29, 0.717) is 39.7 Å². The summed E-state index contributed by atoms with van der Waals surface area (Å²) in [5, 5.41) is 11.5. The highest BCUT2D eigenvalue weighted by Gasteiger charge is 2.22. The van der Waals surface area contributed by atoms with Crippen LogP contribution in [0.5, 0.6) is 0 Å². The van der Waals surface area contributed by atoms with Crippen molar-refractivity contribution in [3.05, 3.63) is 66.0 Å². The second-order valence-electron chi connectivity index (χ2n) is 8.75. The number of aryl methyl sites for hydroxylation is 1. The van der Waals surface area contributed by atoms with Gasteiger partial charge in [-0.05, 0) is 50.6 Å². The van der Waals surface area contributed by atoms with E-state index in [2.05, 4.69) is 32.6 Å².